The molecule has 0 bridgehead atoms. The van der Waals surface area contributed by atoms with Crippen molar-refractivity contribution < 1.29 is 0 Å². The maximum atomic E-state index is 3.78. The molecule has 1 heterocycles. The Morgan fingerprint density at radius 3 is 2.57 bits per heavy atom. The third-order valence-electron chi connectivity index (χ3n) is 4.04. The Kier molecular flexibility index (Phi) is 2.29. The fraction of sp³-hybridized carbons (Fsp3) is 1.00. The first-order chi connectivity index (χ1) is 6.83. The third kappa shape index (κ3) is 1.96. The van der Waals surface area contributed by atoms with Crippen molar-refractivity contribution in [2.45, 2.75) is 57.2 Å². The summed E-state index contributed by atoms with van der Waals surface area (Å²) in [4.78, 5) is 2.73. The van der Waals surface area contributed by atoms with Crippen molar-refractivity contribution >= 4 is 0 Å². The second-order valence-electron chi connectivity index (χ2n) is 5.56. The van der Waals surface area contributed by atoms with E-state index in [1.165, 1.54) is 45.2 Å². The Morgan fingerprint density at radius 2 is 1.93 bits per heavy atom. The van der Waals surface area contributed by atoms with E-state index in [1.807, 2.05) is 0 Å². The molecule has 3 unspecified atom stereocenters. The maximum absolute atomic E-state index is 3.78. The van der Waals surface area contributed by atoms with Crippen molar-refractivity contribution in [1.29, 1.82) is 0 Å². The van der Waals surface area contributed by atoms with Crippen LogP contribution in [0.25, 0.3) is 0 Å². The zero-order valence-electron chi connectivity index (χ0n) is 9.21. The SMILES string of the molecule is CC1CC1N1CCCC(NC2CC2)C1. The molecule has 1 N–H and O–H groups in total. The van der Waals surface area contributed by atoms with Crippen molar-refractivity contribution in [2.75, 3.05) is 13.1 Å². The van der Waals surface area contributed by atoms with Gasteiger partial charge in [0.2, 0.25) is 0 Å². The lowest BCUT2D eigenvalue weighted by Crippen LogP contribution is -2.47. The molecule has 3 aliphatic rings. The monoisotopic (exact) mass is 194 g/mol. The Labute approximate surface area is 87.0 Å². The van der Waals surface area contributed by atoms with Crippen molar-refractivity contribution in [2.24, 2.45) is 5.92 Å². The van der Waals surface area contributed by atoms with Crippen LogP contribution in [-0.4, -0.2) is 36.1 Å². The molecule has 2 aliphatic carbocycles. The van der Waals surface area contributed by atoms with E-state index in [-0.39, 0.29) is 0 Å². The van der Waals surface area contributed by atoms with E-state index in [0.717, 1.165) is 24.0 Å². The van der Waals surface area contributed by atoms with Gasteiger partial charge >= 0.3 is 0 Å². The van der Waals surface area contributed by atoms with Crippen LogP contribution in [0.4, 0.5) is 0 Å². The first kappa shape index (κ1) is 9.17. The Hall–Kier alpha value is -0.0800. The number of hydrogen-bond acceptors (Lipinski definition) is 2. The van der Waals surface area contributed by atoms with Crippen LogP contribution in [-0.2, 0) is 0 Å². The summed E-state index contributed by atoms with van der Waals surface area (Å²) in [5.41, 5.74) is 0. The van der Waals surface area contributed by atoms with Crippen LogP contribution in [0, 0.1) is 5.92 Å². The van der Waals surface area contributed by atoms with Gasteiger partial charge in [0, 0.05) is 24.7 Å². The average Bonchev–Trinajstić information content (AvgIpc) is 3.05. The Morgan fingerprint density at radius 1 is 1.14 bits per heavy atom. The average molecular weight is 194 g/mol. The molecule has 0 aromatic carbocycles. The number of piperidine rings is 1. The van der Waals surface area contributed by atoms with E-state index >= 15 is 0 Å². The lowest BCUT2D eigenvalue weighted by molar-refractivity contribution is 0.175. The molecule has 0 aromatic heterocycles. The number of nitrogens with one attached hydrogen (secondary N) is 1. The summed E-state index contributed by atoms with van der Waals surface area (Å²) in [7, 11) is 0. The first-order valence-corrected chi connectivity index (χ1v) is 6.33. The molecule has 3 rings (SSSR count). The molecule has 0 amide bonds. The molecule has 0 radical (unpaired) electrons. The standard InChI is InChI=1S/C12H22N2/c1-9-7-12(9)14-6-2-3-11(8-14)13-10-4-5-10/h9-13H,2-8H2,1H3. The minimum atomic E-state index is 0.809. The van der Waals surface area contributed by atoms with Gasteiger partial charge in [-0.2, -0.15) is 0 Å². The highest BCUT2D eigenvalue weighted by molar-refractivity contribution is 4.96. The van der Waals surface area contributed by atoms with E-state index in [1.54, 1.807) is 0 Å². The topological polar surface area (TPSA) is 15.3 Å². The molecule has 2 heteroatoms. The van der Waals surface area contributed by atoms with Crippen molar-refractivity contribution in [3.63, 3.8) is 0 Å². The predicted octanol–water partition coefficient (Wildman–Crippen LogP) is 1.61. The smallest absolute Gasteiger partial charge is 0.0198 e. The number of rotatable bonds is 3. The summed E-state index contributed by atoms with van der Waals surface area (Å²) in [6, 6.07) is 2.64. The fourth-order valence-electron chi connectivity index (χ4n) is 2.84. The second-order valence-corrected chi connectivity index (χ2v) is 5.56. The van der Waals surface area contributed by atoms with E-state index in [9.17, 15) is 0 Å². The van der Waals surface area contributed by atoms with Crippen LogP contribution >= 0.6 is 0 Å². The summed E-state index contributed by atoms with van der Waals surface area (Å²) < 4.78 is 0. The van der Waals surface area contributed by atoms with Crippen LogP contribution in [0.3, 0.4) is 0 Å². The van der Waals surface area contributed by atoms with Crippen LogP contribution in [0.2, 0.25) is 0 Å². The number of likely N-dealkylation sites (tertiary alicyclic amines) is 1. The highest BCUT2D eigenvalue weighted by atomic mass is 15.2. The summed E-state index contributed by atoms with van der Waals surface area (Å²) in [5.74, 6) is 0.981. The molecule has 3 fully saturated rings. The fourth-order valence-corrected chi connectivity index (χ4v) is 2.84. The van der Waals surface area contributed by atoms with Gasteiger partial charge in [-0.05, 0) is 44.6 Å². The van der Waals surface area contributed by atoms with Gasteiger partial charge in [-0.3, -0.25) is 4.90 Å². The van der Waals surface area contributed by atoms with Gasteiger partial charge in [0.15, 0.2) is 0 Å². The van der Waals surface area contributed by atoms with Gasteiger partial charge in [-0.25, -0.2) is 0 Å². The molecule has 0 aromatic rings. The molecule has 1 aliphatic heterocycles. The third-order valence-corrected chi connectivity index (χ3v) is 4.04. The van der Waals surface area contributed by atoms with Gasteiger partial charge in [-0.15, -0.1) is 0 Å². The minimum Gasteiger partial charge on any atom is -0.310 e. The van der Waals surface area contributed by atoms with Gasteiger partial charge in [0.05, 0.1) is 0 Å². The molecule has 0 spiro atoms. The minimum absolute atomic E-state index is 0.809. The summed E-state index contributed by atoms with van der Waals surface area (Å²) in [6.45, 7) is 5.08. The highest BCUT2D eigenvalue weighted by Crippen LogP contribution is 2.36. The van der Waals surface area contributed by atoms with Gasteiger partial charge in [0.25, 0.3) is 0 Å². The van der Waals surface area contributed by atoms with E-state index in [0.29, 0.717) is 0 Å². The number of hydrogen-bond donors (Lipinski definition) is 1. The molecular formula is C12H22N2. The summed E-state index contributed by atoms with van der Waals surface area (Å²) in [5, 5.41) is 3.78. The maximum Gasteiger partial charge on any atom is 0.0198 e. The molecule has 14 heavy (non-hydrogen) atoms. The molecular weight excluding hydrogens is 172 g/mol. The van der Waals surface area contributed by atoms with Crippen molar-refractivity contribution in [3.05, 3.63) is 0 Å². The van der Waals surface area contributed by atoms with Gasteiger partial charge in [0.1, 0.15) is 0 Å². The van der Waals surface area contributed by atoms with E-state index in [2.05, 4.69) is 17.1 Å². The zero-order valence-corrected chi connectivity index (χ0v) is 9.21. The first-order valence-electron chi connectivity index (χ1n) is 6.33. The summed E-state index contributed by atoms with van der Waals surface area (Å²) >= 11 is 0. The molecule has 80 valence electrons. The number of nitrogens with zero attached hydrogens (tertiary/aromatic N) is 1. The quantitative estimate of drug-likeness (QED) is 0.734. The van der Waals surface area contributed by atoms with Crippen LogP contribution < -0.4 is 5.32 Å². The Bertz CT molecular complexity index is 212. The van der Waals surface area contributed by atoms with E-state index < -0.39 is 0 Å². The van der Waals surface area contributed by atoms with Crippen molar-refractivity contribution in [1.82, 2.24) is 10.2 Å². The lowest BCUT2D eigenvalue weighted by Gasteiger charge is -2.33. The highest BCUT2D eigenvalue weighted by Gasteiger charge is 2.40. The zero-order chi connectivity index (χ0) is 9.54. The molecule has 3 atom stereocenters. The van der Waals surface area contributed by atoms with Crippen LogP contribution in [0.1, 0.15) is 39.0 Å². The molecule has 2 nitrogen and oxygen atoms in total. The second kappa shape index (κ2) is 3.49. The van der Waals surface area contributed by atoms with Crippen LogP contribution in [0.15, 0.2) is 0 Å². The van der Waals surface area contributed by atoms with Crippen LogP contribution in [0.5, 0.6) is 0 Å². The largest absolute Gasteiger partial charge is 0.310 e. The van der Waals surface area contributed by atoms with Crippen molar-refractivity contribution in [3.8, 4) is 0 Å². The Balaban J connectivity index is 1.50. The summed E-state index contributed by atoms with van der Waals surface area (Å²) in [6.07, 6.45) is 7.13. The molecule has 1 saturated heterocycles. The van der Waals surface area contributed by atoms with Gasteiger partial charge in [-0.1, -0.05) is 6.92 Å². The lowest BCUT2D eigenvalue weighted by atomic mass is 10.1. The van der Waals surface area contributed by atoms with E-state index in [4.69, 9.17) is 0 Å². The normalized spacial score (nSPS) is 43.9. The van der Waals surface area contributed by atoms with Gasteiger partial charge < -0.3 is 5.32 Å². The predicted molar refractivity (Wildman–Crippen MR) is 58.3 cm³/mol. The molecule has 2 saturated carbocycles.